The summed E-state index contributed by atoms with van der Waals surface area (Å²) in [5, 5.41) is 0. The van der Waals surface area contributed by atoms with Crippen LogP contribution >= 0.6 is 0 Å². The van der Waals surface area contributed by atoms with Crippen LogP contribution in [0.25, 0.3) is 11.0 Å². The van der Waals surface area contributed by atoms with Gasteiger partial charge in [0.05, 0.1) is 24.6 Å². The third kappa shape index (κ3) is 1.78. The molecule has 1 aromatic heterocycles. The average molecular weight is 218 g/mol. The number of hydrogen-bond acceptors (Lipinski definition) is 3. The molecule has 1 heterocycles. The molecule has 4 heteroatoms. The molecule has 0 unspecified atom stereocenters. The molecule has 0 bridgehead atoms. The van der Waals surface area contributed by atoms with Gasteiger partial charge in [0, 0.05) is 7.05 Å². The Labute approximate surface area is 93.9 Å². The lowest BCUT2D eigenvalue weighted by atomic mass is 10.1. The molecule has 0 aliphatic carbocycles. The number of ether oxygens (including phenoxy) is 1. The lowest BCUT2D eigenvalue weighted by molar-refractivity contribution is -0.139. The van der Waals surface area contributed by atoms with Gasteiger partial charge in [0.1, 0.15) is 5.82 Å². The highest BCUT2D eigenvalue weighted by Gasteiger charge is 2.07. The van der Waals surface area contributed by atoms with E-state index in [9.17, 15) is 4.79 Å². The van der Waals surface area contributed by atoms with Gasteiger partial charge in [-0.3, -0.25) is 4.79 Å². The molecule has 2 rings (SSSR count). The Morgan fingerprint density at radius 3 is 2.94 bits per heavy atom. The molecule has 2 aromatic rings. The largest absolute Gasteiger partial charge is 0.469 e. The highest BCUT2D eigenvalue weighted by Crippen LogP contribution is 2.16. The number of fused-ring (bicyclic) bond motifs is 1. The van der Waals surface area contributed by atoms with Crippen LogP contribution in [0.5, 0.6) is 0 Å². The lowest BCUT2D eigenvalue weighted by Crippen LogP contribution is -2.04. The van der Waals surface area contributed by atoms with Gasteiger partial charge in [0.25, 0.3) is 0 Å². The van der Waals surface area contributed by atoms with Crippen molar-refractivity contribution < 1.29 is 9.53 Å². The van der Waals surface area contributed by atoms with Gasteiger partial charge in [-0.2, -0.15) is 0 Å². The fourth-order valence-electron chi connectivity index (χ4n) is 1.70. The van der Waals surface area contributed by atoms with Crippen molar-refractivity contribution in [1.82, 2.24) is 9.55 Å². The molecular weight excluding hydrogens is 204 g/mol. The van der Waals surface area contributed by atoms with Crippen molar-refractivity contribution in [2.24, 2.45) is 7.05 Å². The summed E-state index contributed by atoms with van der Waals surface area (Å²) >= 11 is 0. The molecular formula is C12H14N2O2. The number of esters is 1. The molecule has 0 saturated heterocycles. The highest BCUT2D eigenvalue weighted by molar-refractivity contribution is 5.79. The summed E-state index contributed by atoms with van der Waals surface area (Å²) in [7, 11) is 3.36. The molecule has 16 heavy (non-hydrogen) atoms. The first kappa shape index (κ1) is 10.7. The smallest absolute Gasteiger partial charge is 0.309 e. The quantitative estimate of drug-likeness (QED) is 0.719. The Kier molecular flexibility index (Phi) is 2.64. The Hall–Kier alpha value is -1.84. The van der Waals surface area contributed by atoms with E-state index >= 15 is 0 Å². The van der Waals surface area contributed by atoms with Crippen LogP contribution in [0.3, 0.4) is 0 Å². The topological polar surface area (TPSA) is 44.1 Å². The molecule has 0 atom stereocenters. The number of rotatable bonds is 2. The third-order valence-corrected chi connectivity index (χ3v) is 2.74. The van der Waals surface area contributed by atoms with Gasteiger partial charge in [-0.15, -0.1) is 0 Å². The molecule has 1 aromatic carbocycles. The Morgan fingerprint density at radius 1 is 1.50 bits per heavy atom. The van der Waals surface area contributed by atoms with Crippen LogP contribution in [0, 0.1) is 6.92 Å². The summed E-state index contributed by atoms with van der Waals surface area (Å²) in [6.07, 6.45) is 0.302. The maximum absolute atomic E-state index is 11.2. The summed E-state index contributed by atoms with van der Waals surface area (Å²) < 4.78 is 6.65. The third-order valence-electron chi connectivity index (χ3n) is 2.74. The van der Waals surface area contributed by atoms with Crippen molar-refractivity contribution in [2.75, 3.05) is 7.11 Å². The van der Waals surface area contributed by atoms with Crippen molar-refractivity contribution in [1.29, 1.82) is 0 Å². The van der Waals surface area contributed by atoms with Crippen LogP contribution < -0.4 is 0 Å². The van der Waals surface area contributed by atoms with E-state index in [2.05, 4.69) is 9.72 Å². The number of imidazole rings is 1. The number of carbonyl (C=O) groups excluding carboxylic acids is 1. The molecule has 0 radical (unpaired) electrons. The van der Waals surface area contributed by atoms with Crippen molar-refractivity contribution in [3.8, 4) is 0 Å². The maximum atomic E-state index is 11.2. The Balaban J connectivity index is 2.43. The summed E-state index contributed by atoms with van der Waals surface area (Å²) in [4.78, 5) is 15.6. The first-order chi connectivity index (χ1) is 7.61. The van der Waals surface area contributed by atoms with Gasteiger partial charge < -0.3 is 9.30 Å². The minimum Gasteiger partial charge on any atom is -0.469 e. The second-order valence-corrected chi connectivity index (χ2v) is 3.79. The highest BCUT2D eigenvalue weighted by atomic mass is 16.5. The van der Waals surface area contributed by atoms with E-state index in [1.807, 2.05) is 36.7 Å². The second kappa shape index (κ2) is 3.96. The number of carbonyl (C=O) groups is 1. The van der Waals surface area contributed by atoms with Crippen LogP contribution in [0.15, 0.2) is 18.2 Å². The van der Waals surface area contributed by atoms with Gasteiger partial charge in [-0.25, -0.2) is 4.98 Å². The van der Waals surface area contributed by atoms with Crippen molar-refractivity contribution in [2.45, 2.75) is 13.3 Å². The van der Waals surface area contributed by atoms with Gasteiger partial charge in [-0.05, 0) is 24.6 Å². The number of aromatic nitrogens is 2. The van der Waals surface area contributed by atoms with E-state index in [4.69, 9.17) is 0 Å². The summed E-state index contributed by atoms with van der Waals surface area (Å²) in [5.41, 5.74) is 2.94. The van der Waals surface area contributed by atoms with Crippen molar-refractivity contribution >= 4 is 17.0 Å². The molecule has 0 aliphatic heterocycles. The number of hydrogen-bond donors (Lipinski definition) is 0. The van der Waals surface area contributed by atoms with E-state index in [-0.39, 0.29) is 5.97 Å². The molecule has 0 saturated carbocycles. The van der Waals surface area contributed by atoms with Crippen LogP contribution in [0.1, 0.15) is 11.4 Å². The zero-order chi connectivity index (χ0) is 11.7. The number of aryl methyl sites for hydroxylation is 2. The fourth-order valence-corrected chi connectivity index (χ4v) is 1.70. The second-order valence-electron chi connectivity index (χ2n) is 3.79. The van der Waals surface area contributed by atoms with E-state index in [0.29, 0.717) is 6.42 Å². The van der Waals surface area contributed by atoms with E-state index in [0.717, 1.165) is 22.4 Å². The van der Waals surface area contributed by atoms with Crippen molar-refractivity contribution in [3.05, 3.63) is 29.6 Å². The van der Waals surface area contributed by atoms with E-state index in [1.54, 1.807) is 0 Å². The molecule has 0 fully saturated rings. The van der Waals surface area contributed by atoms with E-state index in [1.165, 1.54) is 7.11 Å². The average Bonchev–Trinajstić information content (AvgIpc) is 2.55. The number of methoxy groups -OCH3 is 1. The molecule has 0 spiro atoms. The summed E-state index contributed by atoms with van der Waals surface area (Å²) in [6.45, 7) is 1.96. The van der Waals surface area contributed by atoms with Gasteiger partial charge in [-0.1, -0.05) is 6.07 Å². The summed E-state index contributed by atoms with van der Waals surface area (Å²) in [6, 6.07) is 5.82. The SMILES string of the molecule is COC(=O)Cc1ccc2nc(C)n(C)c2c1. The predicted octanol–water partition coefficient (Wildman–Crippen LogP) is 1.60. The summed E-state index contributed by atoms with van der Waals surface area (Å²) in [5.74, 6) is 0.739. The van der Waals surface area contributed by atoms with Gasteiger partial charge in [0.2, 0.25) is 0 Å². The van der Waals surface area contributed by atoms with Gasteiger partial charge >= 0.3 is 5.97 Å². The minimum atomic E-state index is -0.224. The van der Waals surface area contributed by atoms with Gasteiger partial charge in [0.15, 0.2) is 0 Å². The predicted molar refractivity (Wildman–Crippen MR) is 61.2 cm³/mol. The Bertz CT molecular complexity index is 543. The van der Waals surface area contributed by atoms with Crippen LogP contribution in [-0.2, 0) is 23.0 Å². The standard InChI is InChI=1S/C12H14N2O2/c1-8-13-10-5-4-9(7-12(15)16-3)6-11(10)14(8)2/h4-6H,7H2,1-3H3. The lowest BCUT2D eigenvalue weighted by Gasteiger charge is -2.01. The zero-order valence-corrected chi connectivity index (χ0v) is 9.65. The molecule has 84 valence electrons. The van der Waals surface area contributed by atoms with Crippen LogP contribution in [0.4, 0.5) is 0 Å². The number of nitrogens with zero attached hydrogens (tertiary/aromatic N) is 2. The fraction of sp³-hybridized carbons (Fsp3) is 0.333. The molecule has 4 nitrogen and oxygen atoms in total. The van der Waals surface area contributed by atoms with Crippen LogP contribution in [-0.4, -0.2) is 22.6 Å². The zero-order valence-electron chi connectivity index (χ0n) is 9.65. The van der Waals surface area contributed by atoms with Crippen molar-refractivity contribution in [3.63, 3.8) is 0 Å². The van der Waals surface area contributed by atoms with E-state index < -0.39 is 0 Å². The number of benzene rings is 1. The Morgan fingerprint density at radius 2 is 2.25 bits per heavy atom. The molecule has 0 aliphatic rings. The van der Waals surface area contributed by atoms with Crippen LogP contribution in [0.2, 0.25) is 0 Å². The maximum Gasteiger partial charge on any atom is 0.309 e. The first-order valence-corrected chi connectivity index (χ1v) is 5.10. The minimum absolute atomic E-state index is 0.224. The normalized spacial score (nSPS) is 10.7. The molecule has 0 N–H and O–H groups in total. The monoisotopic (exact) mass is 218 g/mol. The first-order valence-electron chi connectivity index (χ1n) is 5.10. The molecule has 0 amide bonds.